The van der Waals surface area contributed by atoms with E-state index in [1.54, 1.807) is 11.1 Å². The van der Waals surface area contributed by atoms with E-state index in [1.165, 1.54) is 0 Å². The van der Waals surface area contributed by atoms with E-state index in [2.05, 4.69) is 23.7 Å². The first kappa shape index (κ1) is 17.4. The van der Waals surface area contributed by atoms with Crippen molar-refractivity contribution in [2.24, 2.45) is 5.92 Å². The molecule has 5 rings (SSSR count). The molecule has 3 atom stereocenters. The zero-order valence-corrected chi connectivity index (χ0v) is 16.1. The third kappa shape index (κ3) is 2.99. The molecule has 3 heterocycles. The van der Waals surface area contributed by atoms with Gasteiger partial charge in [-0.25, -0.2) is 5.43 Å². The molecular formula is C21H20ClN3O3. The normalized spacial score (nSPS) is 25.4. The van der Waals surface area contributed by atoms with Gasteiger partial charge in [-0.05, 0) is 49.2 Å². The van der Waals surface area contributed by atoms with Crippen LogP contribution in [0.1, 0.15) is 18.1 Å². The number of fused-ring (bicyclic) bond motifs is 2. The molecular weight excluding hydrogens is 378 g/mol. The van der Waals surface area contributed by atoms with Gasteiger partial charge in [0, 0.05) is 34.3 Å². The predicted octanol–water partition coefficient (Wildman–Crippen LogP) is 2.93. The summed E-state index contributed by atoms with van der Waals surface area (Å²) in [5, 5.41) is 5.96. The lowest BCUT2D eigenvalue weighted by molar-refractivity contribution is -0.131. The summed E-state index contributed by atoms with van der Waals surface area (Å²) >= 11 is 6.15. The number of halogens is 1. The van der Waals surface area contributed by atoms with Gasteiger partial charge in [0.25, 0.3) is 5.91 Å². The topological polar surface area (TPSA) is 62.8 Å². The summed E-state index contributed by atoms with van der Waals surface area (Å²) in [5.41, 5.74) is 6.15. The van der Waals surface area contributed by atoms with E-state index in [1.807, 2.05) is 36.4 Å². The number of hydrazine groups is 1. The number of carbonyl (C=O) groups is 1. The van der Waals surface area contributed by atoms with Crippen LogP contribution in [0.3, 0.4) is 0 Å². The van der Waals surface area contributed by atoms with Crippen LogP contribution in [-0.2, 0) is 11.2 Å². The molecule has 0 spiro atoms. The van der Waals surface area contributed by atoms with E-state index in [4.69, 9.17) is 21.1 Å². The molecule has 7 heteroatoms. The summed E-state index contributed by atoms with van der Waals surface area (Å²) in [7, 11) is 0. The molecule has 3 aliphatic heterocycles. The quantitative estimate of drug-likeness (QED) is 0.833. The van der Waals surface area contributed by atoms with Crippen LogP contribution in [0.25, 0.3) is 5.70 Å². The fourth-order valence-electron chi connectivity index (χ4n) is 4.08. The van der Waals surface area contributed by atoms with Crippen molar-refractivity contribution in [3.63, 3.8) is 0 Å². The van der Waals surface area contributed by atoms with Crippen LogP contribution in [0.2, 0.25) is 5.02 Å². The maximum absolute atomic E-state index is 12.8. The van der Waals surface area contributed by atoms with Crippen LogP contribution in [0.4, 0.5) is 0 Å². The molecule has 144 valence electrons. The maximum atomic E-state index is 12.8. The zero-order chi connectivity index (χ0) is 19.3. The molecule has 2 N–H and O–H groups in total. The predicted molar refractivity (Wildman–Crippen MR) is 106 cm³/mol. The van der Waals surface area contributed by atoms with E-state index in [0.29, 0.717) is 5.75 Å². The number of nitrogens with one attached hydrogen (secondary N) is 2. The van der Waals surface area contributed by atoms with E-state index in [0.717, 1.165) is 34.0 Å². The van der Waals surface area contributed by atoms with Crippen molar-refractivity contribution < 1.29 is 14.3 Å². The first-order valence-corrected chi connectivity index (χ1v) is 9.68. The minimum absolute atomic E-state index is 0.0585. The number of rotatable bonds is 3. The Kier molecular flexibility index (Phi) is 4.18. The second kappa shape index (κ2) is 6.72. The Labute approximate surface area is 168 Å². The number of hydrogen-bond acceptors (Lipinski definition) is 5. The Balaban J connectivity index is 1.42. The smallest absolute Gasteiger partial charge is 0.264 e. The molecule has 2 aromatic rings. The zero-order valence-electron chi connectivity index (χ0n) is 15.3. The number of nitrogens with zero attached hydrogens (tertiary/aromatic N) is 1. The van der Waals surface area contributed by atoms with Gasteiger partial charge in [0.2, 0.25) is 6.79 Å². The largest absolute Gasteiger partial charge is 0.454 e. The lowest BCUT2D eigenvalue weighted by atomic mass is 9.91. The van der Waals surface area contributed by atoms with Gasteiger partial charge in [-0.15, -0.1) is 0 Å². The van der Waals surface area contributed by atoms with E-state index in [9.17, 15) is 4.79 Å². The number of amides is 1. The second-order valence-corrected chi connectivity index (χ2v) is 7.78. The molecule has 0 saturated carbocycles. The number of benzene rings is 2. The van der Waals surface area contributed by atoms with Crippen LogP contribution < -0.4 is 20.2 Å². The molecule has 0 aromatic heterocycles. The maximum Gasteiger partial charge on any atom is 0.264 e. The van der Waals surface area contributed by atoms with Crippen molar-refractivity contribution in [2.75, 3.05) is 6.79 Å². The highest BCUT2D eigenvalue weighted by Gasteiger charge is 2.44. The lowest BCUT2D eigenvalue weighted by Crippen LogP contribution is -2.53. The average molecular weight is 398 g/mol. The summed E-state index contributed by atoms with van der Waals surface area (Å²) in [4.78, 5) is 12.8. The Bertz CT molecular complexity index is 977. The van der Waals surface area contributed by atoms with Crippen LogP contribution >= 0.6 is 11.6 Å². The molecule has 3 unspecified atom stereocenters. The summed E-state index contributed by atoms with van der Waals surface area (Å²) in [6, 6.07) is 13.7. The van der Waals surface area contributed by atoms with Gasteiger partial charge >= 0.3 is 0 Å². The van der Waals surface area contributed by atoms with Crippen LogP contribution in [0.5, 0.6) is 11.5 Å². The molecule has 0 aliphatic carbocycles. The first-order chi connectivity index (χ1) is 13.6. The standard InChI is InChI=1S/C21H20ClN3O3/c1-12-16(8-13-3-2-4-15(22)7-13)21-23-17(10-20(26)25(21)24-12)14-5-6-18-19(9-14)28-11-27-18/h2-7,9-10,12,16,21,23-24H,8,11H2,1H3. The number of hydrogen-bond donors (Lipinski definition) is 2. The van der Waals surface area contributed by atoms with Crippen molar-refractivity contribution in [2.45, 2.75) is 25.6 Å². The molecule has 3 aliphatic rings. The molecule has 0 bridgehead atoms. The highest BCUT2D eigenvalue weighted by molar-refractivity contribution is 6.30. The fourth-order valence-corrected chi connectivity index (χ4v) is 4.29. The first-order valence-electron chi connectivity index (χ1n) is 9.30. The van der Waals surface area contributed by atoms with Crippen molar-refractivity contribution in [1.29, 1.82) is 0 Å². The summed E-state index contributed by atoms with van der Waals surface area (Å²) in [6.45, 7) is 2.33. The Morgan fingerprint density at radius 1 is 1.18 bits per heavy atom. The van der Waals surface area contributed by atoms with Gasteiger partial charge in [-0.2, -0.15) is 0 Å². The van der Waals surface area contributed by atoms with Crippen molar-refractivity contribution in [3.8, 4) is 11.5 Å². The molecule has 1 saturated heterocycles. The molecule has 2 aromatic carbocycles. The van der Waals surface area contributed by atoms with Gasteiger partial charge in [0.15, 0.2) is 11.5 Å². The third-order valence-electron chi connectivity index (χ3n) is 5.52. The molecule has 1 amide bonds. The molecule has 0 radical (unpaired) electrons. The van der Waals surface area contributed by atoms with Crippen molar-refractivity contribution in [1.82, 2.24) is 15.8 Å². The fraction of sp³-hybridized carbons (Fsp3) is 0.286. The van der Waals surface area contributed by atoms with Crippen molar-refractivity contribution >= 4 is 23.2 Å². The lowest BCUT2D eigenvalue weighted by Gasteiger charge is -2.33. The highest BCUT2D eigenvalue weighted by Crippen LogP contribution is 2.36. The summed E-state index contributed by atoms with van der Waals surface area (Å²) in [6.07, 6.45) is 2.28. The average Bonchev–Trinajstić information content (AvgIpc) is 3.27. The van der Waals surface area contributed by atoms with Crippen LogP contribution in [0, 0.1) is 5.92 Å². The molecule has 28 heavy (non-hydrogen) atoms. The summed E-state index contributed by atoms with van der Waals surface area (Å²) < 4.78 is 10.9. The van der Waals surface area contributed by atoms with Gasteiger partial charge in [-0.1, -0.05) is 23.7 Å². The van der Waals surface area contributed by atoms with Gasteiger partial charge in [0.05, 0.1) is 0 Å². The number of carbonyl (C=O) groups excluding carboxylic acids is 1. The second-order valence-electron chi connectivity index (χ2n) is 7.34. The minimum Gasteiger partial charge on any atom is -0.454 e. The molecule has 1 fully saturated rings. The van der Waals surface area contributed by atoms with Crippen molar-refractivity contribution in [3.05, 3.63) is 64.7 Å². The van der Waals surface area contributed by atoms with Crippen LogP contribution in [0.15, 0.2) is 48.5 Å². The van der Waals surface area contributed by atoms with Crippen LogP contribution in [-0.4, -0.2) is 29.9 Å². The molecule has 6 nitrogen and oxygen atoms in total. The number of ether oxygens (including phenoxy) is 2. The van der Waals surface area contributed by atoms with E-state index < -0.39 is 0 Å². The Hall–Kier alpha value is -2.70. The third-order valence-corrected chi connectivity index (χ3v) is 5.76. The highest BCUT2D eigenvalue weighted by atomic mass is 35.5. The van der Waals surface area contributed by atoms with E-state index >= 15 is 0 Å². The van der Waals surface area contributed by atoms with Gasteiger partial charge in [-0.3, -0.25) is 9.80 Å². The van der Waals surface area contributed by atoms with Gasteiger partial charge in [0.1, 0.15) is 6.17 Å². The Morgan fingerprint density at radius 3 is 2.89 bits per heavy atom. The Morgan fingerprint density at radius 2 is 2.04 bits per heavy atom. The minimum atomic E-state index is -0.146. The van der Waals surface area contributed by atoms with E-state index in [-0.39, 0.29) is 30.8 Å². The summed E-state index contributed by atoms with van der Waals surface area (Å²) in [5.74, 6) is 1.56. The monoisotopic (exact) mass is 397 g/mol. The van der Waals surface area contributed by atoms with Gasteiger partial charge < -0.3 is 14.8 Å². The SMILES string of the molecule is CC1NN2C(=O)C=C(c3ccc4c(c3)OCO4)NC2C1Cc1cccc(Cl)c1.